The van der Waals surface area contributed by atoms with E-state index in [-0.39, 0.29) is 11.5 Å². The molecule has 0 aliphatic carbocycles. The third kappa shape index (κ3) is 4.05. The van der Waals surface area contributed by atoms with Crippen molar-refractivity contribution in [3.8, 4) is 0 Å². The summed E-state index contributed by atoms with van der Waals surface area (Å²) in [5, 5.41) is 0. The van der Waals surface area contributed by atoms with Crippen LogP contribution in [0.15, 0.2) is 40.4 Å². The van der Waals surface area contributed by atoms with Crippen molar-refractivity contribution in [1.82, 2.24) is 9.55 Å². The lowest BCUT2D eigenvalue weighted by molar-refractivity contribution is 0.102. The molecule has 1 aromatic heterocycles. The third-order valence-corrected chi connectivity index (χ3v) is 4.14. The van der Waals surface area contributed by atoms with Crippen LogP contribution in [-0.4, -0.2) is 15.3 Å². The quantitative estimate of drug-likeness (QED) is 0.478. The number of nitrogens with zero attached hydrogens (tertiary/aromatic N) is 1. The fourth-order valence-electron chi connectivity index (χ4n) is 3.05. The Morgan fingerprint density at radius 3 is 2.40 bits per heavy atom. The first-order valence-corrected chi connectivity index (χ1v) is 8.49. The Hall–Kier alpha value is -2.69. The van der Waals surface area contributed by atoms with E-state index in [2.05, 4.69) is 11.6 Å². The molecule has 0 spiro atoms. The van der Waals surface area contributed by atoms with Gasteiger partial charge in [-0.25, -0.2) is 4.79 Å². The van der Waals surface area contributed by atoms with Crippen molar-refractivity contribution in [3.05, 3.63) is 79.6 Å². The molecule has 1 heterocycles. The largest absolute Gasteiger partial charge is 0.328 e. The molecular weight excluding hydrogens is 316 g/mol. The summed E-state index contributed by atoms with van der Waals surface area (Å²) in [5.41, 5.74) is 1.94. The first-order valence-electron chi connectivity index (χ1n) is 8.49. The van der Waals surface area contributed by atoms with E-state index >= 15 is 0 Å². The molecular formula is C20H24N2O3. The maximum atomic E-state index is 13.2. The highest BCUT2D eigenvalue weighted by molar-refractivity contribution is 6.09. The smallest absolute Gasteiger partial charge is 0.290 e. The van der Waals surface area contributed by atoms with Crippen molar-refractivity contribution in [2.24, 2.45) is 0 Å². The minimum Gasteiger partial charge on any atom is -0.290 e. The van der Waals surface area contributed by atoms with Gasteiger partial charge >= 0.3 is 5.69 Å². The van der Waals surface area contributed by atoms with E-state index in [9.17, 15) is 14.4 Å². The maximum Gasteiger partial charge on any atom is 0.328 e. The highest BCUT2D eigenvalue weighted by Gasteiger charge is 2.21. The Morgan fingerprint density at radius 2 is 1.84 bits per heavy atom. The van der Waals surface area contributed by atoms with Crippen LogP contribution in [0.2, 0.25) is 0 Å². The highest BCUT2D eigenvalue weighted by atomic mass is 16.2. The molecule has 0 aliphatic heterocycles. The van der Waals surface area contributed by atoms with Crippen LogP contribution in [0, 0.1) is 13.8 Å². The molecule has 0 saturated carbocycles. The number of allylic oxidation sites excluding steroid dienone is 1. The standard InChI is InChI=1S/C20H24N2O3/c1-5-7-8-9-22-17(16(6-2)19(24)21-20(22)25)18(23)15-11-13(3)10-14(4)12-15/h5,10-12H,1,6-9H2,2-4H3,(H,21,24,25). The molecule has 0 bridgehead atoms. The summed E-state index contributed by atoms with van der Waals surface area (Å²) < 4.78 is 1.39. The van der Waals surface area contributed by atoms with E-state index in [0.717, 1.165) is 17.5 Å². The lowest BCUT2D eigenvalue weighted by atomic mass is 9.99. The zero-order chi connectivity index (χ0) is 18.6. The number of aromatic amines is 1. The molecule has 0 aliphatic rings. The first-order chi connectivity index (χ1) is 11.9. The van der Waals surface area contributed by atoms with Crippen LogP contribution in [-0.2, 0) is 13.0 Å². The summed E-state index contributed by atoms with van der Waals surface area (Å²) in [4.78, 5) is 40.0. The van der Waals surface area contributed by atoms with Gasteiger partial charge in [0.1, 0.15) is 5.69 Å². The minimum absolute atomic E-state index is 0.199. The summed E-state index contributed by atoms with van der Waals surface area (Å²) in [6, 6.07) is 5.55. The summed E-state index contributed by atoms with van der Waals surface area (Å²) in [6.07, 6.45) is 3.54. The van der Waals surface area contributed by atoms with Gasteiger partial charge in [-0.05, 0) is 45.2 Å². The molecule has 0 saturated heterocycles. The van der Waals surface area contributed by atoms with Crippen molar-refractivity contribution in [2.45, 2.75) is 46.6 Å². The zero-order valence-corrected chi connectivity index (χ0v) is 15.0. The summed E-state index contributed by atoms with van der Waals surface area (Å²) >= 11 is 0. The number of H-pyrrole nitrogens is 1. The lowest BCUT2D eigenvalue weighted by Gasteiger charge is -2.15. The average molecular weight is 340 g/mol. The predicted octanol–water partition coefficient (Wildman–Crippen LogP) is 2.91. The van der Waals surface area contributed by atoms with Gasteiger partial charge in [-0.2, -0.15) is 0 Å². The molecule has 0 radical (unpaired) electrons. The van der Waals surface area contributed by atoms with Crippen molar-refractivity contribution >= 4 is 5.78 Å². The number of unbranched alkanes of at least 4 members (excludes halogenated alkanes) is 1. The van der Waals surface area contributed by atoms with Gasteiger partial charge in [0, 0.05) is 17.7 Å². The van der Waals surface area contributed by atoms with E-state index < -0.39 is 11.2 Å². The van der Waals surface area contributed by atoms with Gasteiger partial charge in [-0.15, -0.1) is 6.58 Å². The number of hydrogen-bond donors (Lipinski definition) is 1. The molecule has 0 fully saturated rings. The fraction of sp³-hybridized carbons (Fsp3) is 0.350. The second-order valence-electron chi connectivity index (χ2n) is 6.23. The van der Waals surface area contributed by atoms with Crippen LogP contribution in [0.1, 0.15) is 52.5 Å². The van der Waals surface area contributed by atoms with E-state index in [1.165, 1.54) is 4.57 Å². The zero-order valence-electron chi connectivity index (χ0n) is 15.0. The van der Waals surface area contributed by atoms with Gasteiger partial charge in [-0.1, -0.05) is 30.2 Å². The molecule has 0 unspecified atom stereocenters. The Kier molecular flexibility index (Phi) is 5.91. The SMILES string of the molecule is C=CCCCn1c(C(=O)c2cc(C)cc(C)c2)c(CC)c(=O)[nH]c1=O. The van der Waals surface area contributed by atoms with Crippen LogP contribution in [0.5, 0.6) is 0 Å². The monoisotopic (exact) mass is 340 g/mol. The van der Waals surface area contributed by atoms with Gasteiger partial charge in [0.2, 0.25) is 5.78 Å². The van der Waals surface area contributed by atoms with E-state index in [0.29, 0.717) is 30.5 Å². The first kappa shape index (κ1) is 18.6. The molecule has 5 nitrogen and oxygen atoms in total. The summed E-state index contributed by atoms with van der Waals surface area (Å²) in [6.45, 7) is 9.68. The summed E-state index contributed by atoms with van der Waals surface area (Å²) in [5.74, 6) is -0.287. The third-order valence-electron chi connectivity index (χ3n) is 4.14. The molecule has 25 heavy (non-hydrogen) atoms. The number of aromatic nitrogens is 2. The second-order valence-corrected chi connectivity index (χ2v) is 6.23. The number of hydrogen-bond acceptors (Lipinski definition) is 3. The molecule has 1 aromatic carbocycles. The molecule has 5 heteroatoms. The average Bonchev–Trinajstić information content (AvgIpc) is 2.55. The number of carbonyl (C=O) groups excluding carboxylic acids is 1. The highest BCUT2D eigenvalue weighted by Crippen LogP contribution is 2.16. The van der Waals surface area contributed by atoms with Gasteiger partial charge in [0.05, 0.1) is 0 Å². The van der Waals surface area contributed by atoms with Crippen molar-refractivity contribution in [1.29, 1.82) is 0 Å². The van der Waals surface area contributed by atoms with Crippen LogP contribution >= 0.6 is 0 Å². The Bertz CT molecular complexity index is 899. The number of benzene rings is 1. The van der Waals surface area contributed by atoms with E-state index in [1.807, 2.05) is 19.9 Å². The van der Waals surface area contributed by atoms with Crippen molar-refractivity contribution in [2.75, 3.05) is 0 Å². The van der Waals surface area contributed by atoms with Gasteiger partial charge < -0.3 is 0 Å². The topological polar surface area (TPSA) is 71.9 Å². The van der Waals surface area contributed by atoms with Gasteiger partial charge in [-0.3, -0.25) is 19.1 Å². The van der Waals surface area contributed by atoms with E-state index in [4.69, 9.17) is 0 Å². The second kappa shape index (κ2) is 7.92. The van der Waals surface area contributed by atoms with Crippen LogP contribution in [0.3, 0.4) is 0 Å². The molecule has 1 N–H and O–H groups in total. The van der Waals surface area contributed by atoms with Crippen LogP contribution in [0.25, 0.3) is 0 Å². The van der Waals surface area contributed by atoms with Gasteiger partial charge in [0.15, 0.2) is 0 Å². The number of nitrogens with one attached hydrogen (secondary N) is 1. The summed E-state index contributed by atoms with van der Waals surface area (Å²) in [7, 11) is 0. The minimum atomic E-state index is -0.543. The molecule has 0 atom stereocenters. The van der Waals surface area contributed by atoms with E-state index in [1.54, 1.807) is 25.1 Å². The number of ketones is 1. The van der Waals surface area contributed by atoms with Crippen LogP contribution in [0.4, 0.5) is 0 Å². The predicted molar refractivity (Wildman–Crippen MR) is 99.5 cm³/mol. The Balaban J connectivity index is 2.67. The molecule has 132 valence electrons. The van der Waals surface area contributed by atoms with Crippen molar-refractivity contribution < 1.29 is 4.79 Å². The Labute approximate surface area is 147 Å². The fourth-order valence-corrected chi connectivity index (χ4v) is 3.05. The molecule has 2 aromatic rings. The number of rotatable bonds is 7. The van der Waals surface area contributed by atoms with Crippen LogP contribution < -0.4 is 11.2 Å². The number of aryl methyl sites for hydroxylation is 2. The normalized spacial score (nSPS) is 10.7. The Morgan fingerprint density at radius 1 is 1.20 bits per heavy atom. The van der Waals surface area contributed by atoms with Crippen molar-refractivity contribution in [3.63, 3.8) is 0 Å². The van der Waals surface area contributed by atoms with Gasteiger partial charge in [0.25, 0.3) is 5.56 Å². The molecule has 0 amide bonds. The number of carbonyl (C=O) groups is 1. The lowest BCUT2D eigenvalue weighted by Crippen LogP contribution is -2.37. The maximum absolute atomic E-state index is 13.2. The molecule has 2 rings (SSSR count).